The summed E-state index contributed by atoms with van der Waals surface area (Å²) in [5.41, 5.74) is 1.74. The van der Waals surface area contributed by atoms with Crippen LogP contribution in [0.5, 0.6) is 0 Å². The third kappa shape index (κ3) is 4.25. The Kier molecular flexibility index (Phi) is 4.81. The number of hydrogen-bond acceptors (Lipinski definition) is 2. The lowest BCUT2D eigenvalue weighted by atomic mass is 9.81. The Morgan fingerprint density at radius 2 is 2.13 bits per heavy atom. The second kappa shape index (κ2) is 5.46. The molecule has 15 heavy (non-hydrogen) atoms. The van der Waals surface area contributed by atoms with Gasteiger partial charge < -0.3 is 5.32 Å². The van der Waals surface area contributed by atoms with Crippen molar-refractivity contribution in [3.05, 3.63) is 20.8 Å². The second-order valence-electron chi connectivity index (χ2n) is 5.01. The molecule has 0 radical (unpaired) electrons. The molecule has 1 heterocycles. The van der Waals surface area contributed by atoms with E-state index in [9.17, 15) is 0 Å². The van der Waals surface area contributed by atoms with Gasteiger partial charge in [0.05, 0.1) is 3.79 Å². The minimum Gasteiger partial charge on any atom is -0.312 e. The van der Waals surface area contributed by atoms with Gasteiger partial charge in [-0.15, -0.1) is 11.3 Å². The highest BCUT2D eigenvalue weighted by atomic mass is 79.9. The standard InChI is InChI=1S/C12H20BrNS/c1-9(2)12(3,4)8-14-6-10-5-11(13)15-7-10/h5,7,9,14H,6,8H2,1-4H3. The molecule has 1 nitrogen and oxygen atoms in total. The quantitative estimate of drug-likeness (QED) is 0.853. The van der Waals surface area contributed by atoms with Crippen LogP contribution in [0, 0.1) is 11.3 Å². The molecule has 0 spiro atoms. The number of hydrogen-bond donors (Lipinski definition) is 1. The second-order valence-corrected chi connectivity index (χ2v) is 7.30. The van der Waals surface area contributed by atoms with Crippen molar-refractivity contribution in [3.63, 3.8) is 0 Å². The molecule has 0 amide bonds. The first-order chi connectivity index (χ1) is 6.92. The highest BCUT2D eigenvalue weighted by Crippen LogP contribution is 2.25. The predicted octanol–water partition coefficient (Wildman–Crippen LogP) is 4.28. The number of rotatable bonds is 5. The molecular formula is C12H20BrNS. The van der Waals surface area contributed by atoms with Gasteiger partial charge in [0.25, 0.3) is 0 Å². The SMILES string of the molecule is CC(C)C(C)(C)CNCc1csc(Br)c1. The van der Waals surface area contributed by atoms with Gasteiger partial charge in [-0.05, 0) is 44.3 Å². The van der Waals surface area contributed by atoms with Gasteiger partial charge in [0.1, 0.15) is 0 Å². The molecule has 1 rings (SSSR count). The van der Waals surface area contributed by atoms with Crippen molar-refractivity contribution >= 4 is 27.3 Å². The zero-order valence-corrected chi connectivity index (χ0v) is 12.3. The first-order valence-corrected chi connectivity index (χ1v) is 7.03. The fourth-order valence-electron chi connectivity index (χ4n) is 1.17. The maximum absolute atomic E-state index is 3.52. The molecule has 1 aromatic heterocycles. The third-order valence-corrected chi connectivity index (χ3v) is 4.65. The van der Waals surface area contributed by atoms with E-state index in [0.717, 1.165) is 13.1 Å². The molecule has 0 atom stereocenters. The van der Waals surface area contributed by atoms with Gasteiger partial charge in [0.2, 0.25) is 0 Å². The van der Waals surface area contributed by atoms with Crippen LogP contribution in [0.4, 0.5) is 0 Å². The largest absolute Gasteiger partial charge is 0.312 e. The van der Waals surface area contributed by atoms with E-state index in [1.807, 2.05) is 0 Å². The normalized spacial score (nSPS) is 12.4. The Bertz CT molecular complexity index is 304. The summed E-state index contributed by atoms with van der Waals surface area (Å²) >= 11 is 5.22. The smallest absolute Gasteiger partial charge is 0.0701 e. The van der Waals surface area contributed by atoms with Crippen molar-refractivity contribution in [2.45, 2.75) is 34.2 Å². The molecule has 0 bridgehead atoms. The maximum atomic E-state index is 3.52. The van der Waals surface area contributed by atoms with Gasteiger partial charge in [0.15, 0.2) is 0 Å². The fourth-order valence-corrected chi connectivity index (χ4v) is 2.38. The van der Waals surface area contributed by atoms with Crippen LogP contribution in [-0.2, 0) is 6.54 Å². The first-order valence-electron chi connectivity index (χ1n) is 5.35. The topological polar surface area (TPSA) is 12.0 Å². The lowest BCUT2D eigenvalue weighted by Crippen LogP contribution is -2.33. The molecule has 0 fully saturated rings. The first kappa shape index (κ1) is 13.2. The van der Waals surface area contributed by atoms with Crippen molar-refractivity contribution in [1.82, 2.24) is 5.32 Å². The Labute approximate surface area is 105 Å². The van der Waals surface area contributed by atoms with Crippen molar-refractivity contribution in [1.29, 1.82) is 0 Å². The third-order valence-electron chi connectivity index (χ3n) is 3.09. The van der Waals surface area contributed by atoms with Crippen LogP contribution < -0.4 is 5.32 Å². The summed E-state index contributed by atoms with van der Waals surface area (Å²) in [5, 5.41) is 5.72. The molecule has 3 heteroatoms. The Hall–Kier alpha value is 0.140. The molecule has 0 unspecified atom stereocenters. The molecule has 1 N–H and O–H groups in total. The van der Waals surface area contributed by atoms with Crippen LogP contribution in [-0.4, -0.2) is 6.54 Å². The van der Waals surface area contributed by atoms with E-state index in [0.29, 0.717) is 11.3 Å². The molecule has 0 aromatic carbocycles. The Morgan fingerprint density at radius 1 is 1.47 bits per heavy atom. The lowest BCUT2D eigenvalue weighted by Gasteiger charge is -2.29. The van der Waals surface area contributed by atoms with E-state index < -0.39 is 0 Å². The Morgan fingerprint density at radius 3 is 2.60 bits per heavy atom. The molecule has 0 saturated carbocycles. The van der Waals surface area contributed by atoms with Crippen LogP contribution in [0.15, 0.2) is 15.2 Å². The summed E-state index contributed by atoms with van der Waals surface area (Å²) in [5.74, 6) is 0.708. The van der Waals surface area contributed by atoms with Crippen molar-refractivity contribution in [2.75, 3.05) is 6.54 Å². The van der Waals surface area contributed by atoms with Crippen molar-refractivity contribution in [3.8, 4) is 0 Å². The molecule has 0 aliphatic carbocycles. The van der Waals surface area contributed by atoms with Crippen LogP contribution in [0.1, 0.15) is 33.3 Å². The van der Waals surface area contributed by atoms with Gasteiger partial charge >= 0.3 is 0 Å². The van der Waals surface area contributed by atoms with Gasteiger partial charge in [-0.3, -0.25) is 0 Å². The highest BCUT2D eigenvalue weighted by molar-refractivity contribution is 9.11. The monoisotopic (exact) mass is 289 g/mol. The van der Waals surface area contributed by atoms with Gasteiger partial charge in [-0.2, -0.15) is 0 Å². The minimum absolute atomic E-state index is 0.368. The average Bonchev–Trinajstić information content (AvgIpc) is 2.51. The maximum Gasteiger partial charge on any atom is 0.0701 e. The molecule has 0 aliphatic heterocycles. The zero-order valence-electron chi connectivity index (χ0n) is 9.93. The molecule has 86 valence electrons. The van der Waals surface area contributed by atoms with E-state index in [-0.39, 0.29) is 0 Å². The molecular weight excluding hydrogens is 270 g/mol. The van der Waals surface area contributed by atoms with Gasteiger partial charge in [-0.1, -0.05) is 27.7 Å². The summed E-state index contributed by atoms with van der Waals surface area (Å²) in [6, 6.07) is 2.18. The molecule has 0 aliphatic rings. The van der Waals surface area contributed by atoms with Crippen LogP contribution in [0.25, 0.3) is 0 Å². The van der Waals surface area contributed by atoms with E-state index in [1.165, 1.54) is 9.35 Å². The van der Waals surface area contributed by atoms with Gasteiger partial charge in [-0.25, -0.2) is 0 Å². The fraction of sp³-hybridized carbons (Fsp3) is 0.667. The van der Waals surface area contributed by atoms with E-state index >= 15 is 0 Å². The summed E-state index contributed by atoms with van der Waals surface area (Å²) in [7, 11) is 0. The Balaban J connectivity index is 2.33. The summed E-state index contributed by atoms with van der Waals surface area (Å²) < 4.78 is 1.21. The van der Waals surface area contributed by atoms with Gasteiger partial charge in [0, 0.05) is 13.1 Å². The minimum atomic E-state index is 0.368. The van der Waals surface area contributed by atoms with E-state index in [1.54, 1.807) is 11.3 Å². The van der Waals surface area contributed by atoms with Crippen LogP contribution in [0.2, 0.25) is 0 Å². The summed E-state index contributed by atoms with van der Waals surface area (Å²) in [4.78, 5) is 0. The number of halogens is 1. The predicted molar refractivity (Wildman–Crippen MR) is 72.3 cm³/mol. The average molecular weight is 290 g/mol. The number of thiophene rings is 1. The van der Waals surface area contributed by atoms with Crippen LogP contribution in [0.3, 0.4) is 0 Å². The van der Waals surface area contributed by atoms with E-state index in [2.05, 4.69) is 60.4 Å². The highest BCUT2D eigenvalue weighted by Gasteiger charge is 2.21. The van der Waals surface area contributed by atoms with Crippen LogP contribution >= 0.6 is 27.3 Å². The summed E-state index contributed by atoms with van der Waals surface area (Å²) in [6.45, 7) is 11.2. The zero-order chi connectivity index (χ0) is 11.5. The number of nitrogens with one attached hydrogen (secondary N) is 1. The molecule has 1 aromatic rings. The van der Waals surface area contributed by atoms with E-state index in [4.69, 9.17) is 0 Å². The van der Waals surface area contributed by atoms with Crippen molar-refractivity contribution < 1.29 is 0 Å². The van der Waals surface area contributed by atoms with Crippen molar-refractivity contribution in [2.24, 2.45) is 11.3 Å². The summed E-state index contributed by atoms with van der Waals surface area (Å²) in [6.07, 6.45) is 0. The lowest BCUT2D eigenvalue weighted by molar-refractivity contribution is 0.238. The molecule has 0 saturated heterocycles.